The Kier molecular flexibility index (Phi) is 3.94. The molecule has 0 unspecified atom stereocenters. The summed E-state index contributed by atoms with van der Waals surface area (Å²) in [5.41, 5.74) is 3.16. The first kappa shape index (κ1) is 12.8. The van der Waals surface area contributed by atoms with E-state index in [2.05, 4.69) is 11.4 Å². The highest BCUT2D eigenvalue weighted by Gasteiger charge is 2.07. The second-order valence-corrected chi connectivity index (χ2v) is 4.36. The number of hydrogen-bond acceptors (Lipinski definition) is 2. The van der Waals surface area contributed by atoms with Gasteiger partial charge in [-0.25, -0.2) is 0 Å². The summed E-state index contributed by atoms with van der Waals surface area (Å²) >= 11 is 0. The Morgan fingerprint density at radius 2 is 2.00 bits per heavy atom. The third-order valence-corrected chi connectivity index (χ3v) is 2.79. The van der Waals surface area contributed by atoms with Gasteiger partial charge in [-0.1, -0.05) is 30.3 Å². The molecule has 2 rings (SSSR count). The number of rotatable bonds is 3. The molecule has 2 aromatic carbocycles. The second kappa shape index (κ2) is 5.83. The van der Waals surface area contributed by atoms with Crippen LogP contribution in [-0.2, 0) is 11.2 Å². The largest absolute Gasteiger partial charge is 0.326 e. The first-order chi connectivity index (χ1) is 9.19. The minimum atomic E-state index is -0.117. The maximum absolute atomic E-state index is 11.9. The van der Waals surface area contributed by atoms with Crippen LogP contribution in [0, 0.1) is 18.3 Å². The molecule has 0 aliphatic heterocycles. The fourth-order valence-corrected chi connectivity index (χ4v) is 1.88. The molecule has 0 saturated heterocycles. The fourth-order valence-electron chi connectivity index (χ4n) is 1.88. The van der Waals surface area contributed by atoms with Gasteiger partial charge in [-0.05, 0) is 36.2 Å². The van der Waals surface area contributed by atoms with Crippen LogP contribution in [0.25, 0.3) is 0 Å². The third-order valence-electron chi connectivity index (χ3n) is 2.79. The molecule has 3 heteroatoms. The van der Waals surface area contributed by atoms with E-state index in [-0.39, 0.29) is 12.3 Å². The molecule has 0 bridgehead atoms. The number of nitrogens with one attached hydrogen (secondary N) is 1. The van der Waals surface area contributed by atoms with Crippen molar-refractivity contribution in [2.24, 2.45) is 0 Å². The predicted octanol–water partition coefficient (Wildman–Crippen LogP) is 3.05. The van der Waals surface area contributed by atoms with Crippen molar-refractivity contribution in [3.63, 3.8) is 0 Å². The lowest BCUT2D eigenvalue weighted by molar-refractivity contribution is -0.115. The molecule has 0 atom stereocenters. The SMILES string of the molecule is Cc1cccc(NC(=O)Cc2ccccc2C#N)c1. The summed E-state index contributed by atoms with van der Waals surface area (Å²) in [6.07, 6.45) is 0.206. The zero-order chi connectivity index (χ0) is 13.7. The van der Waals surface area contributed by atoms with Crippen LogP contribution in [-0.4, -0.2) is 5.91 Å². The van der Waals surface area contributed by atoms with Gasteiger partial charge in [0.25, 0.3) is 0 Å². The van der Waals surface area contributed by atoms with E-state index in [1.165, 1.54) is 0 Å². The summed E-state index contributed by atoms with van der Waals surface area (Å²) in [7, 11) is 0. The molecule has 0 aromatic heterocycles. The van der Waals surface area contributed by atoms with E-state index in [9.17, 15) is 4.79 Å². The van der Waals surface area contributed by atoms with Gasteiger partial charge in [0.15, 0.2) is 0 Å². The minimum Gasteiger partial charge on any atom is -0.326 e. The van der Waals surface area contributed by atoms with Crippen LogP contribution in [0.2, 0.25) is 0 Å². The van der Waals surface area contributed by atoms with Crippen LogP contribution in [0.3, 0.4) is 0 Å². The van der Waals surface area contributed by atoms with Gasteiger partial charge in [-0.15, -0.1) is 0 Å². The van der Waals surface area contributed by atoms with Crippen molar-refractivity contribution in [1.82, 2.24) is 0 Å². The van der Waals surface area contributed by atoms with Crippen molar-refractivity contribution >= 4 is 11.6 Å². The van der Waals surface area contributed by atoms with Crippen LogP contribution in [0.5, 0.6) is 0 Å². The Hall–Kier alpha value is -2.60. The van der Waals surface area contributed by atoms with Crippen molar-refractivity contribution in [3.05, 3.63) is 65.2 Å². The molecule has 3 nitrogen and oxygen atoms in total. The number of carbonyl (C=O) groups is 1. The number of nitriles is 1. The lowest BCUT2D eigenvalue weighted by Gasteiger charge is -2.07. The molecule has 0 spiro atoms. The van der Waals surface area contributed by atoms with Gasteiger partial charge in [0.2, 0.25) is 5.91 Å². The second-order valence-electron chi connectivity index (χ2n) is 4.36. The molecule has 0 saturated carbocycles. The van der Waals surface area contributed by atoms with Crippen LogP contribution < -0.4 is 5.32 Å². The lowest BCUT2D eigenvalue weighted by atomic mass is 10.1. The van der Waals surface area contributed by atoms with Crippen LogP contribution in [0.4, 0.5) is 5.69 Å². The smallest absolute Gasteiger partial charge is 0.228 e. The predicted molar refractivity (Wildman–Crippen MR) is 74.7 cm³/mol. The summed E-state index contributed by atoms with van der Waals surface area (Å²) in [4.78, 5) is 11.9. The van der Waals surface area contributed by atoms with Crippen molar-refractivity contribution in [1.29, 1.82) is 5.26 Å². The molecular weight excluding hydrogens is 236 g/mol. The maximum Gasteiger partial charge on any atom is 0.228 e. The summed E-state index contributed by atoms with van der Waals surface area (Å²) in [5, 5.41) is 11.8. The Morgan fingerprint density at radius 1 is 1.21 bits per heavy atom. The standard InChI is InChI=1S/C16H14N2O/c1-12-5-4-8-15(9-12)18-16(19)10-13-6-2-3-7-14(13)11-17/h2-9H,10H2,1H3,(H,18,19). The maximum atomic E-state index is 11.9. The molecule has 0 aliphatic carbocycles. The van der Waals surface area contributed by atoms with Gasteiger partial charge in [-0.3, -0.25) is 4.79 Å². The van der Waals surface area contributed by atoms with Gasteiger partial charge in [0.1, 0.15) is 0 Å². The highest BCUT2D eigenvalue weighted by Crippen LogP contribution is 2.12. The van der Waals surface area contributed by atoms with E-state index in [1.807, 2.05) is 37.3 Å². The molecule has 1 amide bonds. The molecule has 0 aliphatic rings. The fraction of sp³-hybridized carbons (Fsp3) is 0.125. The number of nitrogens with zero attached hydrogens (tertiary/aromatic N) is 1. The normalized spacial score (nSPS) is 9.68. The summed E-state index contributed by atoms with van der Waals surface area (Å²) in [5.74, 6) is -0.117. The Morgan fingerprint density at radius 3 is 2.74 bits per heavy atom. The van der Waals surface area contributed by atoms with Crippen molar-refractivity contribution < 1.29 is 4.79 Å². The van der Waals surface area contributed by atoms with Crippen LogP contribution in [0.15, 0.2) is 48.5 Å². The van der Waals surface area contributed by atoms with Crippen LogP contribution >= 0.6 is 0 Å². The van der Waals surface area contributed by atoms with Crippen LogP contribution in [0.1, 0.15) is 16.7 Å². The number of amides is 1. The number of benzene rings is 2. The highest BCUT2D eigenvalue weighted by molar-refractivity contribution is 5.92. The quantitative estimate of drug-likeness (QED) is 0.910. The minimum absolute atomic E-state index is 0.117. The van der Waals surface area contributed by atoms with Gasteiger partial charge >= 0.3 is 0 Å². The van der Waals surface area contributed by atoms with E-state index in [0.29, 0.717) is 5.56 Å². The van der Waals surface area contributed by atoms with E-state index in [1.54, 1.807) is 18.2 Å². The zero-order valence-electron chi connectivity index (χ0n) is 10.7. The van der Waals surface area contributed by atoms with Crippen molar-refractivity contribution in [3.8, 4) is 6.07 Å². The molecular formula is C16H14N2O. The van der Waals surface area contributed by atoms with Gasteiger partial charge < -0.3 is 5.32 Å². The lowest BCUT2D eigenvalue weighted by Crippen LogP contribution is -2.15. The van der Waals surface area contributed by atoms with Gasteiger partial charge in [-0.2, -0.15) is 5.26 Å². The Labute approximate surface area is 112 Å². The Bertz CT molecular complexity index is 641. The molecule has 94 valence electrons. The number of carbonyl (C=O) groups excluding carboxylic acids is 1. The van der Waals surface area contributed by atoms with Gasteiger partial charge in [0, 0.05) is 5.69 Å². The first-order valence-corrected chi connectivity index (χ1v) is 6.03. The number of hydrogen-bond donors (Lipinski definition) is 1. The van der Waals surface area contributed by atoms with Gasteiger partial charge in [0.05, 0.1) is 18.1 Å². The highest BCUT2D eigenvalue weighted by atomic mass is 16.1. The van der Waals surface area contributed by atoms with E-state index in [0.717, 1.165) is 16.8 Å². The molecule has 19 heavy (non-hydrogen) atoms. The average molecular weight is 250 g/mol. The van der Waals surface area contributed by atoms with Crippen molar-refractivity contribution in [2.45, 2.75) is 13.3 Å². The van der Waals surface area contributed by atoms with E-state index >= 15 is 0 Å². The molecule has 0 heterocycles. The molecule has 0 radical (unpaired) electrons. The van der Waals surface area contributed by atoms with E-state index < -0.39 is 0 Å². The van der Waals surface area contributed by atoms with Crippen molar-refractivity contribution in [2.75, 3.05) is 5.32 Å². The zero-order valence-corrected chi connectivity index (χ0v) is 10.7. The van der Waals surface area contributed by atoms with E-state index in [4.69, 9.17) is 5.26 Å². The monoisotopic (exact) mass is 250 g/mol. The molecule has 1 N–H and O–H groups in total. The molecule has 0 fully saturated rings. The average Bonchev–Trinajstić information content (AvgIpc) is 2.39. The molecule has 2 aromatic rings. The number of anilines is 1. The summed E-state index contributed by atoms with van der Waals surface area (Å²) in [6, 6.07) is 16.9. The Balaban J connectivity index is 2.08. The third kappa shape index (κ3) is 3.43. The number of aryl methyl sites for hydroxylation is 1. The summed E-state index contributed by atoms with van der Waals surface area (Å²) < 4.78 is 0. The topological polar surface area (TPSA) is 52.9 Å². The first-order valence-electron chi connectivity index (χ1n) is 6.03. The summed E-state index contributed by atoms with van der Waals surface area (Å²) in [6.45, 7) is 1.97.